The maximum Gasteiger partial charge on any atom is 0.410 e. The highest BCUT2D eigenvalue weighted by Crippen LogP contribution is 2.39. The summed E-state index contributed by atoms with van der Waals surface area (Å²) in [5.74, 6) is 0.276. The first-order chi connectivity index (χ1) is 17.4. The number of rotatable bonds is 9. The molecule has 36 heavy (non-hydrogen) atoms. The molecule has 192 valence electrons. The molecule has 0 bridgehead atoms. The third-order valence-corrected chi connectivity index (χ3v) is 6.23. The minimum Gasteiger partial charge on any atom is -0.491 e. The van der Waals surface area contributed by atoms with Crippen molar-refractivity contribution in [2.45, 2.75) is 32.4 Å². The summed E-state index contributed by atoms with van der Waals surface area (Å²) in [7, 11) is 1.43. The van der Waals surface area contributed by atoms with Crippen molar-refractivity contribution in [2.75, 3.05) is 40.0 Å². The number of aliphatic hydroxyl groups is 1. The summed E-state index contributed by atoms with van der Waals surface area (Å²) >= 11 is 0. The van der Waals surface area contributed by atoms with Crippen molar-refractivity contribution in [2.24, 2.45) is 0 Å². The SMILES string of the molecule is CCOC(=O)N1CCc2c([nH]c3ccc(C)cc23)C1c1ccc(OCC(O)CNC(=O)COC)cc1. The summed E-state index contributed by atoms with van der Waals surface area (Å²) in [6.07, 6.45) is -0.462. The van der Waals surface area contributed by atoms with Gasteiger partial charge in [0.25, 0.3) is 0 Å². The number of nitrogens with one attached hydrogen (secondary N) is 2. The van der Waals surface area contributed by atoms with E-state index < -0.39 is 6.10 Å². The first-order valence-electron chi connectivity index (χ1n) is 12.1. The Morgan fingerprint density at radius 1 is 1.22 bits per heavy atom. The zero-order valence-electron chi connectivity index (χ0n) is 20.9. The van der Waals surface area contributed by atoms with Crippen LogP contribution >= 0.6 is 0 Å². The van der Waals surface area contributed by atoms with Gasteiger partial charge in [-0.3, -0.25) is 9.69 Å². The average molecular weight is 496 g/mol. The molecular weight excluding hydrogens is 462 g/mol. The Labute approximate surface area is 210 Å². The fourth-order valence-corrected chi connectivity index (χ4v) is 4.56. The molecule has 9 nitrogen and oxygen atoms in total. The molecule has 4 rings (SSSR count). The maximum atomic E-state index is 12.9. The van der Waals surface area contributed by atoms with E-state index in [1.807, 2.05) is 24.3 Å². The molecule has 2 heterocycles. The van der Waals surface area contributed by atoms with E-state index in [2.05, 4.69) is 35.4 Å². The van der Waals surface area contributed by atoms with Gasteiger partial charge < -0.3 is 29.6 Å². The van der Waals surface area contributed by atoms with Crippen LogP contribution in [0.15, 0.2) is 42.5 Å². The van der Waals surface area contributed by atoms with Crippen LogP contribution in [0.25, 0.3) is 10.9 Å². The maximum absolute atomic E-state index is 12.9. The number of hydrogen-bond acceptors (Lipinski definition) is 6. The zero-order chi connectivity index (χ0) is 25.7. The van der Waals surface area contributed by atoms with E-state index in [0.717, 1.165) is 23.2 Å². The Morgan fingerprint density at radius 3 is 2.72 bits per heavy atom. The highest BCUT2D eigenvalue weighted by atomic mass is 16.6. The van der Waals surface area contributed by atoms with Crippen LogP contribution in [0.1, 0.15) is 35.3 Å². The number of H-pyrrole nitrogens is 1. The van der Waals surface area contributed by atoms with Crippen LogP contribution in [-0.4, -0.2) is 73.1 Å². The fraction of sp³-hybridized carbons (Fsp3) is 0.407. The lowest BCUT2D eigenvalue weighted by Crippen LogP contribution is -2.41. The van der Waals surface area contributed by atoms with Gasteiger partial charge in [0.15, 0.2) is 0 Å². The van der Waals surface area contributed by atoms with Gasteiger partial charge in [0.1, 0.15) is 31.1 Å². The number of fused-ring (bicyclic) bond motifs is 3. The van der Waals surface area contributed by atoms with Crippen LogP contribution in [0.3, 0.4) is 0 Å². The molecule has 1 aliphatic heterocycles. The van der Waals surface area contributed by atoms with Crippen LogP contribution in [0.4, 0.5) is 4.79 Å². The summed E-state index contributed by atoms with van der Waals surface area (Å²) in [5, 5.41) is 13.8. The number of methoxy groups -OCH3 is 1. The number of aryl methyl sites for hydroxylation is 1. The van der Waals surface area contributed by atoms with E-state index in [-0.39, 0.29) is 37.8 Å². The second kappa shape index (κ2) is 11.5. The number of carbonyl (C=O) groups excluding carboxylic acids is 2. The molecule has 3 N–H and O–H groups in total. The summed E-state index contributed by atoms with van der Waals surface area (Å²) in [6, 6.07) is 13.5. The molecule has 1 aromatic heterocycles. The molecule has 2 unspecified atom stereocenters. The van der Waals surface area contributed by atoms with E-state index in [1.54, 1.807) is 11.8 Å². The molecule has 2 aromatic carbocycles. The van der Waals surface area contributed by atoms with Gasteiger partial charge >= 0.3 is 6.09 Å². The lowest BCUT2D eigenvalue weighted by molar-refractivity contribution is -0.125. The molecular formula is C27H33N3O6. The monoisotopic (exact) mass is 495 g/mol. The lowest BCUT2D eigenvalue weighted by atomic mass is 9.92. The van der Waals surface area contributed by atoms with Crippen molar-refractivity contribution in [3.63, 3.8) is 0 Å². The number of carbonyl (C=O) groups is 2. The Hall–Kier alpha value is -3.56. The summed E-state index contributed by atoms with van der Waals surface area (Å²) < 4.78 is 15.8. The van der Waals surface area contributed by atoms with Crippen molar-refractivity contribution < 1.29 is 28.9 Å². The second-order valence-electron chi connectivity index (χ2n) is 8.88. The average Bonchev–Trinajstić information content (AvgIpc) is 3.24. The number of aliphatic hydroxyl groups excluding tert-OH is 1. The van der Waals surface area contributed by atoms with Gasteiger partial charge in [-0.05, 0) is 55.7 Å². The Kier molecular flexibility index (Phi) is 8.12. The number of amides is 2. The highest BCUT2D eigenvalue weighted by Gasteiger charge is 2.35. The predicted molar refractivity (Wildman–Crippen MR) is 135 cm³/mol. The number of nitrogens with zero attached hydrogens (tertiary/aromatic N) is 1. The topological polar surface area (TPSA) is 113 Å². The van der Waals surface area contributed by atoms with E-state index in [1.165, 1.54) is 23.6 Å². The molecule has 2 amide bonds. The molecule has 3 aromatic rings. The quantitative estimate of drug-likeness (QED) is 0.421. The lowest BCUT2D eigenvalue weighted by Gasteiger charge is -2.35. The number of aromatic amines is 1. The molecule has 9 heteroatoms. The molecule has 0 radical (unpaired) electrons. The van der Waals surface area contributed by atoms with Gasteiger partial charge in [-0.15, -0.1) is 0 Å². The molecule has 0 saturated carbocycles. The van der Waals surface area contributed by atoms with Crippen molar-refractivity contribution >= 4 is 22.9 Å². The van der Waals surface area contributed by atoms with Crippen molar-refractivity contribution in [3.8, 4) is 5.75 Å². The molecule has 0 saturated heterocycles. The Morgan fingerprint density at radius 2 is 2.00 bits per heavy atom. The minimum atomic E-state index is -0.861. The zero-order valence-corrected chi connectivity index (χ0v) is 20.9. The summed E-state index contributed by atoms with van der Waals surface area (Å²) in [6.45, 7) is 4.77. The first kappa shape index (κ1) is 25.5. The van der Waals surface area contributed by atoms with Gasteiger partial charge in [-0.25, -0.2) is 4.79 Å². The van der Waals surface area contributed by atoms with E-state index in [0.29, 0.717) is 18.9 Å². The summed E-state index contributed by atoms with van der Waals surface area (Å²) in [4.78, 5) is 29.6. The molecule has 2 atom stereocenters. The van der Waals surface area contributed by atoms with Crippen LogP contribution in [0, 0.1) is 6.92 Å². The fourth-order valence-electron chi connectivity index (χ4n) is 4.56. The molecule has 1 aliphatic rings. The van der Waals surface area contributed by atoms with Crippen LogP contribution in [0.2, 0.25) is 0 Å². The largest absolute Gasteiger partial charge is 0.491 e. The van der Waals surface area contributed by atoms with Gasteiger partial charge in [-0.1, -0.05) is 23.8 Å². The van der Waals surface area contributed by atoms with Crippen LogP contribution < -0.4 is 10.1 Å². The number of benzene rings is 2. The third kappa shape index (κ3) is 5.63. The van der Waals surface area contributed by atoms with Gasteiger partial charge in [0, 0.05) is 36.8 Å². The van der Waals surface area contributed by atoms with Crippen molar-refractivity contribution in [1.82, 2.24) is 15.2 Å². The van der Waals surface area contributed by atoms with Crippen molar-refractivity contribution in [3.05, 3.63) is 64.8 Å². The van der Waals surface area contributed by atoms with Gasteiger partial charge in [-0.2, -0.15) is 0 Å². The number of hydrogen-bond donors (Lipinski definition) is 3. The van der Waals surface area contributed by atoms with Crippen molar-refractivity contribution in [1.29, 1.82) is 0 Å². The highest BCUT2D eigenvalue weighted by molar-refractivity contribution is 5.86. The van der Waals surface area contributed by atoms with E-state index >= 15 is 0 Å². The van der Waals surface area contributed by atoms with Gasteiger partial charge in [0.2, 0.25) is 5.91 Å². The van der Waals surface area contributed by atoms with Crippen LogP contribution in [-0.2, 0) is 20.7 Å². The number of aromatic nitrogens is 1. The Bertz CT molecular complexity index is 1210. The predicted octanol–water partition coefficient (Wildman–Crippen LogP) is 3.08. The van der Waals surface area contributed by atoms with Crippen LogP contribution in [0.5, 0.6) is 5.75 Å². The standard InChI is InChI=1S/C27H33N3O6/c1-4-35-27(33)30-12-11-21-22-13-17(2)5-10-23(22)29-25(21)26(30)18-6-8-20(9-7-18)36-15-19(31)14-28-24(32)16-34-3/h5-10,13,19,26,29,31H,4,11-12,14-16H2,1-3H3,(H,28,32). The third-order valence-electron chi connectivity index (χ3n) is 6.23. The normalized spacial score (nSPS) is 15.9. The Balaban J connectivity index is 1.53. The molecule has 0 spiro atoms. The first-order valence-corrected chi connectivity index (χ1v) is 12.1. The number of ether oxygens (including phenoxy) is 3. The second-order valence-corrected chi connectivity index (χ2v) is 8.88. The minimum absolute atomic E-state index is 0.0243. The van der Waals surface area contributed by atoms with E-state index in [9.17, 15) is 14.7 Å². The molecule has 0 fully saturated rings. The molecule has 0 aliphatic carbocycles. The smallest absolute Gasteiger partial charge is 0.410 e. The summed E-state index contributed by atoms with van der Waals surface area (Å²) in [5.41, 5.74) is 5.37. The van der Waals surface area contributed by atoms with E-state index in [4.69, 9.17) is 14.2 Å². The van der Waals surface area contributed by atoms with Gasteiger partial charge in [0.05, 0.1) is 6.61 Å².